The summed E-state index contributed by atoms with van der Waals surface area (Å²) in [5, 5.41) is 16.8. The van der Waals surface area contributed by atoms with E-state index in [4.69, 9.17) is 16.3 Å². The molecule has 0 spiro atoms. The second kappa shape index (κ2) is 9.80. The van der Waals surface area contributed by atoms with Crippen LogP contribution < -0.4 is 15.5 Å². The summed E-state index contributed by atoms with van der Waals surface area (Å²) in [4.78, 5) is 34.0. The third kappa shape index (κ3) is 5.54. The number of carbonyl (C=O) groups is 1. The molecule has 1 saturated heterocycles. The van der Waals surface area contributed by atoms with Gasteiger partial charge >= 0.3 is 0 Å². The van der Waals surface area contributed by atoms with Gasteiger partial charge in [0.05, 0.1) is 28.7 Å². The predicted molar refractivity (Wildman–Crippen MR) is 126 cm³/mol. The minimum absolute atomic E-state index is 0.00709. The Balaban J connectivity index is 1.43. The van der Waals surface area contributed by atoms with Crippen LogP contribution in [0.4, 0.5) is 28.8 Å². The highest BCUT2D eigenvalue weighted by Gasteiger charge is 2.16. The standard InChI is InChI=1S/C22H21ClN6O4/c1-14-12-20(28-8-10-33-11-9-28)27-22(24-14)26-16-4-2-15(3-5-16)25-21(30)18-7-6-17(29(31)32)13-19(18)23/h2-7,12-13H,8-11H2,1H3,(H,25,30)(H,24,26,27). The van der Waals surface area contributed by atoms with Crippen molar-refractivity contribution in [3.8, 4) is 0 Å². The van der Waals surface area contributed by atoms with Crippen LogP contribution in [0.5, 0.6) is 0 Å². The molecular weight excluding hydrogens is 448 g/mol. The van der Waals surface area contributed by atoms with Crippen molar-refractivity contribution in [1.29, 1.82) is 0 Å². The average Bonchev–Trinajstić information content (AvgIpc) is 2.80. The molecule has 33 heavy (non-hydrogen) atoms. The molecule has 10 nitrogen and oxygen atoms in total. The number of ether oxygens (including phenoxy) is 1. The smallest absolute Gasteiger partial charge is 0.270 e. The minimum Gasteiger partial charge on any atom is -0.378 e. The molecule has 2 aromatic carbocycles. The molecule has 1 aliphatic rings. The Morgan fingerprint density at radius 1 is 1.09 bits per heavy atom. The molecule has 1 amide bonds. The molecule has 2 N–H and O–H groups in total. The minimum atomic E-state index is -0.568. The molecule has 3 aromatic rings. The van der Waals surface area contributed by atoms with Gasteiger partial charge in [-0.1, -0.05) is 11.6 Å². The van der Waals surface area contributed by atoms with Crippen molar-refractivity contribution in [2.45, 2.75) is 6.92 Å². The lowest BCUT2D eigenvalue weighted by Gasteiger charge is -2.28. The molecule has 11 heteroatoms. The Morgan fingerprint density at radius 2 is 1.79 bits per heavy atom. The first kappa shape index (κ1) is 22.4. The fourth-order valence-electron chi connectivity index (χ4n) is 3.33. The van der Waals surface area contributed by atoms with Crippen LogP contribution in [0.25, 0.3) is 0 Å². The van der Waals surface area contributed by atoms with Crippen LogP contribution in [-0.2, 0) is 4.74 Å². The zero-order chi connectivity index (χ0) is 23.4. The van der Waals surface area contributed by atoms with Gasteiger partial charge in [-0.3, -0.25) is 14.9 Å². The number of anilines is 4. The lowest BCUT2D eigenvalue weighted by atomic mass is 10.2. The molecule has 2 heterocycles. The normalized spacial score (nSPS) is 13.5. The molecule has 1 aromatic heterocycles. The van der Waals surface area contributed by atoms with Gasteiger partial charge < -0.3 is 20.3 Å². The quantitative estimate of drug-likeness (QED) is 0.408. The number of nitrogens with zero attached hydrogens (tertiary/aromatic N) is 4. The van der Waals surface area contributed by atoms with Crippen LogP contribution in [0.2, 0.25) is 5.02 Å². The summed E-state index contributed by atoms with van der Waals surface area (Å²) in [6, 6.07) is 12.7. The Morgan fingerprint density at radius 3 is 2.45 bits per heavy atom. The van der Waals surface area contributed by atoms with E-state index < -0.39 is 10.8 Å². The lowest BCUT2D eigenvalue weighted by Crippen LogP contribution is -2.36. The second-order valence-electron chi connectivity index (χ2n) is 7.37. The van der Waals surface area contributed by atoms with E-state index in [1.807, 2.05) is 13.0 Å². The molecule has 0 radical (unpaired) electrons. The number of halogens is 1. The van der Waals surface area contributed by atoms with Crippen LogP contribution in [0.3, 0.4) is 0 Å². The molecule has 1 aliphatic heterocycles. The van der Waals surface area contributed by atoms with E-state index >= 15 is 0 Å². The predicted octanol–water partition coefficient (Wildman–Crippen LogP) is 4.18. The van der Waals surface area contributed by atoms with E-state index in [9.17, 15) is 14.9 Å². The Bertz CT molecular complexity index is 1180. The van der Waals surface area contributed by atoms with Crippen LogP contribution in [0, 0.1) is 17.0 Å². The van der Waals surface area contributed by atoms with Crippen molar-refractivity contribution in [1.82, 2.24) is 9.97 Å². The van der Waals surface area contributed by atoms with E-state index in [0.29, 0.717) is 24.8 Å². The topological polar surface area (TPSA) is 123 Å². The number of hydrogen-bond acceptors (Lipinski definition) is 8. The molecule has 1 fully saturated rings. The molecule has 0 saturated carbocycles. The monoisotopic (exact) mass is 468 g/mol. The number of amides is 1. The largest absolute Gasteiger partial charge is 0.378 e. The fraction of sp³-hybridized carbons (Fsp3) is 0.227. The van der Waals surface area contributed by atoms with E-state index in [0.717, 1.165) is 36.4 Å². The van der Waals surface area contributed by atoms with Gasteiger partial charge in [-0.05, 0) is 37.3 Å². The SMILES string of the molecule is Cc1cc(N2CCOCC2)nc(Nc2ccc(NC(=O)c3ccc([N+](=O)[O-])cc3Cl)cc2)n1. The Hall–Kier alpha value is -3.76. The van der Waals surface area contributed by atoms with Crippen LogP contribution >= 0.6 is 11.6 Å². The molecule has 0 bridgehead atoms. The van der Waals surface area contributed by atoms with Crippen molar-refractivity contribution in [2.75, 3.05) is 41.8 Å². The Labute approximate surface area is 194 Å². The van der Waals surface area contributed by atoms with Gasteiger partial charge in [-0.25, -0.2) is 4.98 Å². The molecular formula is C22H21ClN6O4. The van der Waals surface area contributed by atoms with Gasteiger partial charge in [0.1, 0.15) is 5.82 Å². The average molecular weight is 469 g/mol. The van der Waals surface area contributed by atoms with Crippen LogP contribution in [0.15, 0.2) is 48.5 Å². The number of morpholine rings is 1. The number of non-ortho nitro benzene ring substituents is 1. The number of aryl methyl sites for hydroxylation is 1. The number of carbonyl (C=O) groups excluding carboxylic acids is 1. The van der Waals surface area contributed by atoms with Gasteiger partial charge in [0.15, 0.2) is 0 Å². The number of hydrogen-bond donors (Lipinski definition) is 2. The van der Waals surface area contributed by atoms with Gasteiger partial charge in [-0.2, -0.15) is 4.98 Å². The Kier molecular flexibility index (Phi) is 6.66. The molecule has 0 atom stereocenters. The maximum absolute atomic E-state index is 12.5. The number of benzene rings is 2. The summed E-state index contributed by atoms with van der Waals surface area (Å²) < 4.78 is 5.40. The number of aromatic nitrogens is 2. The van der Waals surface area contributed by atoms with Crippen molar-refractivity contribution >= 4 is 46.3 Å². The third-order valence-corrected chi connectivity index (χ3v) is 5.30. The lowest BCUT2D eigenvalue weighted by molar-refractivity contribution is -0.384. The summed E-state index contributed by atoms with van der Waals surface area (Å²) in [5.41, 5.74) is 2.10. The van der Waals surface area contributed by atoms with Crippen molar-refractivity contribution in [3.63, 3.8) is 0 Å². The maximum Gasteiger partial charge on any atom is 0.270 e. The third-order valence-electron chi connectivity index (χ3n) is 4.98. The van der Waals surface area contributed by atoms with E-state index in [2.05, 4.69) is 25.5 Å². The van der Waals surface area contributed by atoms with Gasteiger partial charge in [0, 0.05) is 48.4 Å². The van der Waals surface area contributed by atoms with E-state index in [-0.39, 0.29) is 16.3 Å². The summed E-state index contributed by atoms with van der Waals surface area (Å²) in [7, 11) is 0. The number of nitro groups is 1. The summed E-state index contributed by atoms with van der Waals surface area (Å²) in [6.45, 7) is 4.82. The zero-order valence-electron chi connectivity index (χ0n) is 17.7. The van der Waals surface area contributed by atoms with Crippen molar-refractivity contribution in [2.24, 2.45) is 0 Å². The molecule has 170 valence electrons. The first-order valence-corrected chi connectivity index (χ1v) is 10.6. The van der Waals surface area contributed by atoms with Gasteiger partial charge in [0.25, 0.3) is 11.6 Å². The van der Waals surface area contributed by atoms with Gasteiger partial charge in [-0.15, -0.1) is 0 Å². The number of nitrogens with one attached hydrogen (secondary N) is 2. The fourth-order valence-corrected chi connectivity index (χ4v) is 3.59. The van der Waals surface area contributed by atoms with Crippen LogP contribution in [0.1, 0.15) is 16.1 Å². The van der Waals surface area contributed by atoms with Crippen LogP contribution in [-0.4, -0.2) is 47.1 Å². The van der Waals surface area contributed by atoms with Crippen molar-refractivity contribution in [3.05, 3.63) is 74.9 Å². The zero-order valence-corrected chi connectivity index (χ0v) is 18.5. The summed E-state index contributed by atoms with van der Waals surface area (Å²) in [6.07, 6.45) is 0. The highest BCUT2D eigenvalue weighted by atomic mass is 35.5. The van der Waals surface area contributed by atoms with Gasteiger partial charge in [0.2, 0.25) is 5.95 Å². The highest BCUT2D eigenvalue weighted by molar-refractivity contribution is 6.34. The second-order valence-corrected chi connectivity index (χ2v) is 7.78. The highest BCUT2D eigenvalue weighted by Crippen LogP contribution is 2.24. The van der Waals surface area contributed by atoms with E-state index in [1.165, 1.54) is 12.1 Å². The van der Waals surface area contributed by atoms with E-state index in [1.54, 1.807) is 24.3 Å². The number of rotatable bonds is 6. The van der Waals surface area contributed by atoms with Crippen molar-refractivity contribution < 1.29 is 14.5 Å². The number of nitro benzene ring substituents is 1. The summed E-state index contributed by atoms with van der Waals surface area (Å²) >= 11 is 6.03. The molecule has 0 unspecified atom stereocenters. The molecule has 4 rings (SSSR count). The molecule has 0 aliphatic carbocycles. The first-order chi connectivity index (χ1) is 15.9. The summed E-state index contributed by atoms with van der Waals surface area (Å²) in [5.74, 6) is 0.857. The maximum atomic E-state index is 12.5. The first-order valence-electron chi connectivity index (χ1n) is 10.2.